The van der Waals surface area contributed by atoms with Crippen LogP contribution in [0.1, 0.15) is 16.8 Å². The van der Waals surface area contributed by atoms with Crippen molar-refractivity contribution in [1.29, 1.82) is 0 Å². The highest BCUT2D eigenvalue weighted by Crippen LogP contribution is 2.28. The Balaban J connectivity index is 2.19. The Hall–Kier alpha value is -1.55. The Morgan fingerprint density at radius 1 is 1.53 bits per heavy atom. The van der Waals surface area contributed by atoms with Crippen molar-refractivity contribution in [2.75, 3.05) is 6.61 Å². The summed E-state index contributed by atoms with van der Waals surface area (Å²) in [4.78, 5) is 14.4. The van der Waals surface area contributed by atoms with Crippen LogP contribution in [0.15, 0.2) is 6.33 Å². The molecule has 1 aromatic heterocycles. The minimum Gasteiger partial charge on any atom is -0.394 e. The summed E-state index contributed by atoms with van der Waals surface area (Å²) in [5.74, 6) is -1.03. The highest BCUT2D eigenvalue weighted by Gasteiger charge is 2.43. The van der Waals surface area contributed by atoms with Gasteiger partial charge in [-0.3, -0.25) is 4.79 Å². The molecule has 0 bridgehead atoms. The highest BCUT2D eigenvalue weighted by atomic mass is 16.6. The van der Waals surface area contributed by atoms with Gasteiger partial charge in [-0.2, -0.15) is 0 Å². The smallest absolute Gasteiger partial charge is 0.288 e. The zero-order chi connectivity index (χ0) is 12.6. The average Bonchev–Trinajstić information content (AvgIpc) is 2.87. The minimum absolute atomic E-state index is 0.220. The first-order chi connectivity index (χ1) is 8.04. The van der Waals surface area contributed by atoms with Gasteiger partial charge in [0.1, 0.15) is 24.6 Å². The fourth-order valence-electron chi connectivity index (χ4n) is 1.61. The molecular weight excluding hydrogens is 234 g/mol. The monoisotopic (exact) mass is 246 g/mol. The molecule has 0 unspecified atom stereocenters. The van der Waals surface area contributed by atoms with Gasteiger partial charge in [0.15, 0.2) is 6.23 Å². The van der Waals surface area contributed by atoms with E-state index in [1.807, 2.05) is 0 Å². The molecule has 17 heavy (non-hydrogen) atoms. The van der Waals surface area contributed by atoms with Gasteiger partial charge >= 0.3 is 0 Å². The third kappa shape index (κ3) is 2.00. The van der Waals surface area contributed by atoms with Crippen LogP contribution >= 0.6 is 0 Å². The van der Waals surface area contributed by atoms with E-state index in [4.69, 9.17) is 15.6 Å². The van der Waals surface area contributed by atoms with E-state index in [9.17, 15) is 15.0 Å². The fraction of sp³-hybridized carbons (Fsp3) is 0.625. The van der Waals surface area contributed by atoms with Gasteiger partial charge in [-0.15, -0.1) is 5.10 Å². The maximum atomic E-state index is 10.8. The van der Waals surface area contributed by atoms with E-state index < -0.39 is 37.1 Å². The standard InChI is InChI=1S/C8H12N4O5/c9-6(16)7-10-2-12(11-7)8-5(15)4(14)3(1-13)17-8/h2-5,8,13-15H,1H2,(H2,9,16)/t3-,4-,5-,8-/m0/s1/i6+2. The van der Waals surface area contributed by atoms with Crippen LogP contribution in [-0.2, 0) is 4.74 Å². The number of carbonyl (C=O) groups excluding carboxylic acids is 1. The molecule has 1 saturated heterocycles. The van der Waals surface area contributed by atoms with Gasteiger partial charge in [0.05, 0.1) is 6.61 Å². The topological polar surface area (TPSA) is 144 Å². The van der Waals surface area contributed by atoms with Crippen molar-refractivity contribution in [3.63, 3.8) is 0 Å². The number of carbonyl (C=O) groups is 1. The number of aromatic nitrogens is 3. The van der Waals surface area contributed by atoms with Crippen molar-refractivity contribution >= 4 is 5.91 Å². The molecule has 1 fully saturated rings. The Kier molecular flexibility index (Phi) is 3.07. The van der Waals surface area contributed by atoms with Crippen LogP contribution in [0.4, 0.5) is 0 Å². The molecule has 9 nitrogen and oxygen atoms in total. The third-order valence-corrected chi connectivity index (χ3v) is 2.51. The Morgan fingerprint density at radius 3 is 2.71 bits per heavy atom. The first-order valence-corrected chi connectivity index (χ1v) is 4.88. The summed E-state index contributed by atoms with van der Waals surface area (Å²) in [5.41, 5.74) is 4.97. The lowest BCUT2D eigenvalue weighted by Crippen LogP contribution is -2.33. The number of rotatable bonds is 3. The van der Waals surface area contributed by atoms with E-state index in [0.717, 1.165) is 11.0 Å². The van der Waals surface area contributed by atoms with Crippen LogP contribution in [0, 0.1) is 0 Å². The largest absolute Gasteiger partial charge is 0.394 e. The van der Waals surface area contributed by atoms with E-state index in [0.29, 0.717) is 0 Å². The van der Waals surface area contributed by atoms with E-state index in [1.54, 1.807) is 0 Å². The zero-order valence-corrected chi connectivity index (χ0v) is 8.67. The van der Waals surface area contributed by atoms with Gasteiger partial charge in [-0.05, 0) is 0 Å². The first-order valence-electron chi connectivity index (χ1n) is 4.88. The molecule has 4 atom stereocenters. The van der Waals surface area contributed by atoms with Crippen molar-refractivity contribution in [3.05, 3.63) is 12.2 Å². The van der Waals surface area contributed by atoms with Gasteiger partial charge < -0.3 is 25.8 Å². The van der Waals surface area contributed by atoms with Crippen LogP contribution in [0.25, 0.3) is 0 Å². The molecule has 2 rings (SSSR count). The number of aliphatic hydroxyl groups is 3. The average molecular weight is 246 g/mol. The van der Waals surface area contributed by atoms with Crippen molar-refractivity contribution in [2.45, 2.75) is 24.5 Å². The van der Waals surface area contributed by atoms with Crippen LogP contribution in [0.3, 0.4) is 0 Å². The van der Waals surface area contributed by atoms with Crippen molar-refractivity contribution in [2.24, 2.45) is 5.73 Å². The summed E-state index contributed by atoms with van der Waals surface area (Å²) in [6, 6.07) is 0. The zero-order valence-electron chi connectivity index (χ0n) is 8.67. The molecular formula is C8H12N4O5. The normalized spacial score (nSPS) is 32.9. The van der Waals surface area contributed by atoms with Gasteiger partial charge in [-0.25, -0.2) is 9.67 Å². The van der Waals surface area contributed by atoms with E-state index in [1.165, 1.54) is 0 Å². The summed E-state index contributed by atoms with van der Waals surface area (Å²) < 4.78 is 6.25. The second kappa shape index (κ2) is 4.37. The maximum absolute atomic E-state index is 10.8. The SMILES string of the molecule is N[14C](=O)c1ncn([C@H]2O[C@@H](CO)[C@H](O)[C@@H]2O)n1. The Morgan fingerprint density at radius 2 is 2.24 bits per heavy atom. The second-order valence-electron chi connectivity index (χ2n) is 3.64. The molecule has 0 saturated carbocycles. The molecule has 9 heteroatoms. The molecule has 0 aromatic carbocycles. The summed E-state index contributed by atoms with van der Waals surface area (Å²) in [7, 11) is 0. The Bertz CT molecular complexity index is 422. The van der Waals surface area contributed by atoms with Gasteiger partial charge in [0.2, 0.25) is 5.82 Å². The number of nitrogens with two attached hydrogens (primary N) is 1. The summed E-state index contributed by atoms with van der Waals surface area (Å²) in [6.45, 7) is -0.438. The van der Waals surface area contributed by atoms with Gasteiger partial charge in [0, 0.05) is 0 Å². The first kappa shape index (κ1) is 11.9. The fourth-order valence-corrected chi connectivity index (χ4v) is 1.61. The number of aliphatic hydroxyl groups excluding tert-OH is 3. The number of hydrogen-bond donors (Lipinski definition) is 4. The molecule has 0 spiro atoms. The van der Waals surface area contributed by atoms with Crippen LogP contribution in [0.2, 0.25) is 0 Å². The molecule has 1 aliphatic heterocycles. The number of ether oxygens (including phenoxy) is 1. The maximum Gasteiger partial charge on any atom is 0.288 e. The molecule has 0 aliphatic carbocycles. The lowest BCUT2D eigenvalue weighted by Gasteiger charge is -2.13. The predicted octanol–water partition coefficient (Wildman–Crippen LogP) is -3.01. The highest BCUT2D eigenvalue weighted by molar-refractivity contribution is 5.88. The predicted molar refractivity (Wildman–Crippen MR) is 51.5 cm³/mol. The second-order valence-corrected chi connectivity index (χ2v) is 3.64. The molecule has 2 heterocycles. The van der Waals surface area contributed by atoms with Crippen molar-refractivity contribution in [1.82, 2.24) is 14.8 Å². The van der Waals surface area contributed by atoms with Crippen LogP contribution in [0.5, 0.6) is 0 Å². The lowest BCUT2D eigenvalue weighted by molar-refractivity contribution is -0.0588. The molecule has 1 aliphatic rings. The van der Waals surface area contributed by atoms with Crippen LogP contribution in [-0.4, -0.2) is 60.9 Å². The van der Waals surface area contributed by atoms with Crippen molar-refractivity contribution < 1.29 is 24.9 Å². The third-order valence-electron chi connectivity index (χ3n) is 2.51. The lowest BCUT2D eigenvalue weighted by atomic mass is 10.1. The summed E-state index contributed by atoms with van der Waals surface area (Å²) in [6.07, 6.45) is -3.26. The van der Waals surface area contributed by atoms with E-state index in [2.05, 4.69) is 10.1 Å². The molecule has 1 aromatic rings. The van der Waals surface area contributed by atoms with Crippen LogP contribution < -0.4 is 5.73 Å². The number of nitrogens with zero attached hydrogens (tertiary/aromatic N) is 3. The number of amides is 1. The van der Waals surface area contributed by atoms with E-state index >= 15 is 0 Å². The molecule has 5 N–H and O–H groups in total. The Labute approximate surface area is 95.4 Å². The molecule has 94 valence electrons. The van der Waals surface area contributed by atoms with Crippen molar-refractivity contribution in [3.8, 4) is 0 Å². The van der Waals surface area contributed by atoms with E-state index in [-0.39, 0.29) is 5.82 Å². The molecule has 1 amide bonds. The van der Waals surface area contributed by atoms with Gasteiger partial charge in [0.25, 0.3) is 5.91 Å². The minimum atomic E-state index is -1.27. The summed E-state index contributed by atoms with van der Waals surface area (Å²) >= 11 is 0. The summed E-state index contributed by atoms with van der Waals surface area (Å²) in [5, 5.41) is 31.8. The number of hydrogen-bond acceptors (Lipinski definition) is 7. The quantitative estimate of drug-likeness (QED) is 0.444. The van der Waals surface area contributed by atoms with Gasteiger partial charge in [-0.1, -0.05) is 0 Å². The number of primary amides is 1. The molecule has 0 radical (unpaired) electrons.